The van der Waals surface area contributed by atoms with E-state index in [-0.39, 0.29) is 0 Å². The van der Waals surface area contributed by atoms with Gasteiger partial charge in [0.05, 0.1) is 6.54 Å². The Hall–Kier alpha value is -0.620. The van der Waals surface area contributed by atoms with Crippen molar-refractivity contribution >= 4 is 6.08 Å². The summed E-state index contributed by atoms with van der Waals surface area (Å²) >= 11 is 0. The van der Waals surface area contributed by atoms with Crippen LogP contribution in [0.2, 0.25) is 0 Å². The molecule has 0 N–H and O–H groups in total. The van der Waals surface area contributed by atoms with Crippen molar-refractivity contribution in [3.05, 3.63) is 0 Å². The zero-order valence-corrected chi connectivity index (χ0v) is 18.1. The van der Waals surface area contributed by atoms with Crippen molar-refractivity contribution in [1.29, 1.82) is 0 Å². The molecule has 0 rings (SSSR count). The molecule has 0 aliphatic heterocycles. The summed E-state index contributed by atoms with van der Waals surface area (Å²) in [5.41, 5.74) is 0. The SMILES string of the molecule is CC(C)CCCCCCCCCCCCCCCCCCCCN=C=O. The van der Waals surface area contributed by atoms with Gasteiger partial charge in [-0.25, -0.2) is 9.79 Å². The summed E-state index contributed by atoms with van der Waals surface area (Å²) < 4.78 is 0. The van der Waals surface area contributed by atoms with Crippen molar-refractivity contribution < 1.29 is 4.79 Å². The molecule has 0 spiro atoms. The first-order valence-corrected chi connectivity index (χ1v) is 11.8. The van der Waals surface area contributed by atoms with Gasteiger partial charge in [0, 0.05) is 0 Å². The van der Waals surface area contributed by atoms with Gasteiger partial charge in [-0.2, -0.15) is 0 Å². The van der Waals surface area contributed by atoms with Gasteiger partial charge in [0.2, 0.25) is 6.08 Å². The predicted molar refractivity (Wildman–Crippen MR) is 116 cm³/mol. The smallest absolute Gasteiger partial charge is 0.211 e. The van der Waals surface area contributed by atoms with Crippen LogP contribution in [-0.4, -0.2) is 12.6 Å². The minimum absolute atomic E-state index is 0.668. The summed E-state index contributed by atoms with van der Waals surface area (Å²) in [4.78, 5) is 13.5. The van der Waals surface area contributed by atoms with Crippen molar-refractivity contribution in [1.82, 2.24) is 0 Å². The van der Waals surface area contributed by atoms with Crippen LogP contribution in [0.4, 0.5) is 0 Å². The molecular formula is C24H47NO. The molecule has 0 aromatic carbocycles. The highest BCUT2D eigenvalue weighted by molar-refractivity contribution is 5.32. The van der Waals surface area contributed by atoms with E-state index in [0.717, 1.165) is 12.3 Å². The summed E-state index contributed by atoms with van der Waals surface area (Å²) in [6.07, 6.45) is 28.1. The highest BCUT2D eigenvalue weighted by atomic mass is 16.1. The zero-order chi connectivity index (χ0) is 19.1. The minimum atomic E-state index is 0.668. The van der Waals surface area contributed by atoms with Gasteiger partial charge < -0.3 is 0 Å². The average Bonchev–Trinajstić information content (AvgIpc) is 2.62. The molecule has 0 atom stereocenters. The van der Waals surface area contributed by atoms with Crippen molar-refractivity contribution in [2.45, 2.75) is 136 Å². The van der Waals surface area contributed by atoms with Crippen LogP contribution < -0.4 is 0 Å². The molecule has 0 aromatic rings. The first-order valence-electron chi connectivity index (χ1n) is 11.8. The Morgan fingerprint density at radius 3 is 1.15 bits per heavy atom. The second-order valence-corrected chi connectivity index (χ2v) is 8.52. The Balaban J connectivity index is 3.00. The fraction of sp³-hybridized carbons (Fsp3) is 0.958. The van der Waals surface area contributed by atoms with Gasteiger partial charge >= 0.3 is 0 Å². The van der Waals surface area contributed by atoms with Crippen LogP contribution in [0.3, 0.4) is 0 Å². The van der Waals surface area contributed by atoms with Crippen LogP contribution in [-0.2, 0) is 4.79 Å². The lowest BCUT2D eigenvalue weighted by molar-refractivity contribution is 0.501. The predicted octanol–water partition coefficient (Wildman–Crippen LogP) is 8.39. The molecule has 26 heavy (non-hydrogen) atoms. The zero-order valence-electron chi connectivity index (χ0n) is 18.1. The Kier molecular flexibility index (Phi) is 21.9. The molecular weight excluding hydrogens is 318 g/mol. The van der Waals surface area contributed by atoms with Gasteiger partial charge in [0.1, 0.15) is 0 Å². The summed E-state index contributed by atoms with van der Waals surface area (Å²) in [5.74, 6) is 0.885. The molecule has 0 aliphatic rings. The number of hydrogen-bond acceptors (Lipinski definition) is 2. The second kappa shape index (κ2) is 22.4. The minimum Gasteiger partial charge on any atom is -0.211 e. The van der Waals surface area contributed by atoms with E-state index in [2.05, 4.69) is 18.8 Å². The molecule has 0 aliphatic carbocycles. The topological polar surface area (TPSA) is 29.4 Å². The highest BCUT2D eigenvalue weighted by Crippen LogP contribution is 2.15. The number of isocyanates is 1. The molecule has 0 aromatic heterocycles. The first-order chi connectivity index (χ1) is 12.8. The third-order valence-electron chi connectivity index (χ3n) is 5.37. The number of aliphatic imine (C=N–C) groups is 1. The number of rotatable bonds is 21. The van der Waals surface area contributed by atoms with Gasteiger partial charge in [-0.1, -0.05) is 129 Å². The van der Waals surface area contributed by atoms with Crippen molar-refractivity contribution in [2.24, 2.45) is 10.9 Å². The van der Waals surface area contributed by atoms with Crippen LogP contribution in [0.1, 0.15) is 136 Å². The molecule has 0 fully saturated rings. The number of unbranched alkanes of at least 4 members (excludes halogenated alkanes) is 17. The lowest BCUT2D eigenvalue weighted by atomic mass is 10.0. The lowest BCUT2D eigenvalue weighted by Gasteiger charge is -2.05. The first kappa shape index (κ1) is 25.4. The maximum atomic E-state index is 9.92. The molecule has 0 amide bonds. The highest BCUT2D eigenvalue weighted by Gasteiger charge is 1.96. The fourth-order valence-corrected chi connectivity index (χ4v) is 3.62. The van der Waals surface area contributed by atoms with E-state index < -0.39 is 0 Å². The summed E-state index contributed by atoms with van der Waals surface area (Å²) in [6, 6.07) is 0. The average molecular weight is 366 g/mol. The van der Waals surface area contributed by atoms with Crippen molar-refractivity contribution in [3.63, 3.8) is 0 Å². The molecule has 0 saturated heterocycles. The summed E-state index contributed by atoms with van der Waals surface area (Å²) in [7, 11) is 0. The molecule has 0 radical (unpaired) electrons. The Bertz CT molecular complexity index is 307. The van der Waals surface area contributed by atoms with Gasteiger partial charge in [-0.15, -0.1) is 0 Å². The van der Waals surface area contributed by atoms with Crippen LogP contribution in [0.15, 0.2) is 4.99 Å². The maximum absolute atomic E-state index is 9.92. The van der Waals surface area contributed by atoms with Crippen LogP contribution >= 0.6 is 0 Å². The van der Waals surface area contributed by atoms with Crippen LogP contribution in [0.5, 0.6) is 0 Å². The van der Waals surface area contributed by atoms with Gasteiger partial charge in [0.15, 0.2) is 0 Å². The molecule has 2 nitrogen and oxygen atoms in total. The van der Waals surface area contributed by atoms with Gasteiger partial charge in [0.25, 0.3) is 0 Å². The largest absolute Gasteiger partial charge is 0.234 e. The third kappa shape index (κ3) is 23.4. The summed E-state index contributed by atoms with van der Waals surface area (Å²) in [5, 5.41) is 0. The molecule has 0 unspecified atom stereocenters. The van der Waals surface area contributed by atoms with Crippen molar-refractivity contribution in [2.75, 3.05) is 6.54 Å². The van der Waals surface area contributed by atoms with E-state index in [9.17, 15) is 4.79 Å². The molecule has 0 bridgehead atoms. The van der Waals surface area contributed by atoms with Gasteiger partial charge in [-0.05, 0) is 12.3 Å². The fourth-order valence-electron chi connectivity index (χ4n) is 3.62. The van der Waals surface area contributed by atoms with E-state index in [0.29, 0.717) is 6.54 Å². The maximum Gasteiger partial charge on any atom is 0.234 e. The molecule has 154 valence electrons. The summed E-state index contributed by atoms with van der Waals surface area (Å²) in [6.45, 7) is 5.33. The molecule has 0 saturated carbocycles. The number of nitrogens with zero attached hydrogens (tertiary/aromatic N) is 1. The van der Waals surface area contributed by atoms with Crippen molar-refractivity contribution in [3.8, 4) is 0 Å². The number of carbonyl (C=O) groups excluding carboxylic acids is 1. The number of hydrogen-bond donors (Lipinski definition) is 0. The van der Waals surface area contributed by atoms with E-state index in [1.54, 1.807) is 6.08 Å². The van der Waals surface area contributed by atoms with E-state index >= 15 is 0 Å². The second-order valence-electron chi connectivity index (χ2n) is 8.52. The van der Waals surface area contributed by atoms with E-state index in [4.69, 9.17) is 0 Å². The van der Waals surface area contributed by atoms with Crippen LogP contribution in [0.25, 0.3) is 0 Å². The molecule has 2 heteroatoms. The standard InChI is InChI=1S/C24H47NO/c1-24(2)21-19-17-15-13-11-9-7-5-3-4-6-8-10-12-14-16-18-20-22-25-23-26/h24H,3-22H2,1-2H3. The van der Waals surface area contributed by atoms with Gasteiger partial charge in [-0.3, -0.25) is 0 Å². The lowest BCUT2D eigenvalue weighted by Crippen LogP contribution is -1.87. The van der Waals surface area contributed by atoms with E-state index in [1.807, 2.05) is 0 Å². The monoisotopic (exact) mass is 365 g/mol. The normalized spacial score (nSPS) is 11.0. The molecule has 0 heterocycles. The quantitative estimate of drug-likeness (QED) is 0.114. The Morgan fingerprint density at radius 1 is 0.538 bits per heavy atom. The Morgan fingerprint density at radius 2 is 0.846 bits per heavy atom. The third-order valence-corrected chi connectivity index (χ3v) is 5.37. The van der Waals surface area contributed by atoms with Crippen LogP contribution in [0, 0.1) is 5.92 Å². The Labute approximate surface area is 164 Å². The van der Waals surface area contributed by atoms with E-state index in [1.165, 1.54) is 116 Å².